The van der Waals surface area contributed by atoms with Gasteiger partial charge in [-0.05, 0) is 18.2 Å². The highest BCUT2D eigenvalue weighted by Crippen LogP contribution is 2.25. The van der Waals surface area contributed by atoms with Gasteiger partial charge in [-0.1, -0.05) is 17.4 Å². The maximum Gasteiger partial charge on any atom is 0.227 e. The second kappa shape index (κ2) is 6.29. The maximum atomic E-state index is 13.3. The van der Waals surface area contributed by atoms with Crippen molar-refractivity contribution in [3.05, 3.63) is 35.1 Å². The predicted octanol–water partition coefficient (Wildman–Crippen LogP) is 0.929. The Balaban J connectivity index is 1.61. The molecule has 1 fully saturated rings. The molecule has 120 valence electrons. The Labute approximate surface area is 135 Å². The molecule has 3 N–H and O–H groups in total. The molecule has 2 amide bonds. The van der Waals surface area contributed by atoms with E-state index in [-0.39, 0.29) is 31.3 Å². The van der Waals surface area contributed by atoms with Gasteiger partial charge in [0.05, 0.1) is 12.5 Å². The number of benzene rings is 1. The van der Waals surface area contributed by atoms with Crippen molar-refractivity contribution in [2.75, 3.05) is 17.2 Å². The van der Waals surface area contributed by atoms with Gasteiger partial charge in [-0.3, -0.25) is 9.59 Å². The molecule has 0 bridgehead atoms. The molecule has 0 radical (unpaired) electrons. The molecule has 0 saturated carbocycles. The van der Waals surface area contributed by atoms with Crippen molar-refractivity contribution in [2.24, 2.45) is 5.92 Å². The molecule has 0 unspecified atom stereocenters. The largest absolute Gasteiger partial charge is 0.374 e. The monoisotopic (exact) mass is 335 g/mol. The van der Waals surface area contributed by atoms with E-state index in [1.165, 1.54) is 34.4 Å². The molecule has 0 aliphatic carbocycles. The van der Waals surface area contributed by atoms with Gasteiger partial charge in [-0.25, -0.2) is 4.39 Å². The molecule has 1 aliphatic rings. The number of amides is 2. The third-order valence-electron chi connectivity index (χ3n) is 3.51. The van der Waals surface area contributed by atoms with Crippen LogP contribution in [0.1, 0.15) is 11.4 Å². The normalized spacial score (nSPS) is 17.5. The lowest BCUT2D eigenvalue weighted by atomic mass is 10.1. The number of carbonyl (C=O) groups is 2. The van der Waals surface area contributed by atoms with Crippen molar-refractivity contribution in [3.63, 3.8) is 0 Å². The highest BCUT2D eigenvalue weighted by molar-refractivity contribution is 7.15. The zero-order valence-corrected chi connectivity index (χ0v) is 12.8. The summed E-state index contributed by atoms with van der Waals surface area (Å²) in [7, 11) is 0. The Morgan fingerprint density at radius 3 is 3.00 bits per heavy atom. The molecular formula is C14H14FN5O2S. The summed E-state index contributed by atoms with van der Waals surface area (Å²) >= 11 is 1.19. The summed E-state index contributed by atoms with van der Waals surface area (Å²) in [6.45, 7) is 0.449. The maximum absolute atomic E-state index is 13.3. The van der Waals surface area contributed by atoms with Crippen LogP contribution in [0.3, 0.4) is 0 Å². The lowest BCUT2D eigenvalue weighted by Crippen LogP contribution is -2.32. The molecule has 7 nitrogen and oxygen atoms in total. The van der Waals surface area contributed by atoms with Gasteiger partial charge in [0.1, 0.15) is 10.8 Å². The molecule has 23 heavy (non-hydrogen) atoms. The van der Waals surface area contributed by atoms with Gasteiger partial charge in [0, 0.05) is 18.7 Å². The molecule has 1 atom stereocenters. The Bertz CT molecular complexity index is 750. The summed E-state index contributed by atoms with van der Waals surface area (Å²) in [5, 5.41) is 11.1. The van der Waals surface area contributed by atoms with Gasteiger partial charge < -0.3 is 16.0 Å². The van der Waals surface area contributed by atoms with Gasteiger partial charge in [0.25, 0.3) is 0 Å². The summed E-state index contributed by atoms with van der Waals surface area (Å²) in [4.78, 5) is 25.7. The number of hydrogen-bond acceptors (Lipinski definition) is 6. The summed E-state index contributed by atoms with van der Waals surface area (Å²) in [5.74, 6) is -1.34. The van der Waals surface area contributed by atoms with E-state index in [1.807, 2.05) is 0 Å². The molecule has 2 aromatic rings. The van der Waals surface area contributed by atoms with Crippen LogP contribution in [0.25, 0.3) is 0 Å². The second-order valence-electron chi connectivity index (χ2n) is 5.14. The Morgan fingerprint density at radius 2 is 2.30 bits per heavy atom. The van der Waals surface area contributed by atoms with Gasteiger partial charge in [-0.15, -0.1) is 10.2 Å². The summed E-state index contributed by atoms with van der Waals surface area (Å²) in [5.41, 5.74) is 5.93. The second-order valence-corrected chi connectivity index (χ2v) is 6.23. The first-order chi connectivity index (χ1) is 11.0. The van der Waals surface area contributed by atoms with Crippen molar-refractivity contribution in [1.82, 2.24) is 15.5 Å². The number of nitrogens with two attached hydrogens (primary N) is 1. The van der Waals surface area contributed by atoms with Crippen LogP contribution in [-0.4, -0.2) is 28.6 Å². The Kier molecular flexibility index (Phi) is 4.20. The summed E-state index contributed by atoms with van der Waals surface area (Å²) in [6.07, 6.45) is 0.0978. The van der Waals surface area contributed by atoms with Crippen molar-refractivity contribution in [3.8, 4) is 0 Å². The SMILES string of the molecule is Nc1nnc(CNC(=O)[C@@H]2CC(=O)N(c3cccc(F)c3)C2)s1. The third kappa shape index (κ3) is 3.45. The summed E-state index contributed by atoms with van der Waals surface area (Å²) in [6, 6.07) is 5.76. The zero-order chi connectivity index (χ0) is 16.4. The van der Waals surface area contributed by atoms with Crippen molar-refractivity contribution in [2.45, 2.75) is 13.0 Å². The van der Waals surface area contributed by atoms with Crippen LogP contribution in [0.15, 0.2) is 24.3 Å². The number of nitrogens with zero attached hydrogens (tertiary/aromatic N) is 3. The summed E-state index contributed by atoms with van der Waals surface area (Å²) < 4.78 is 13.3. The molecule has 0 spiro atoms. The van der Waals surface area contributed by atoms with Crippen LogP contribution in [-0.2, 0) is 16.1 Å². The minimum atomic E-state index is -0.476. The first-order valence-electron chi connectivity index (χ1n) is 6.94. The highest BCUT2D eigenvalue weighted by atomic mass is 32.1. The average molecular weight is 335 g/mol. The molecule has 3 rings (SSSR count). The minimum absolute atomic E-state index is 0.0978. The average Bonchev–Trinajstić information content (AvgIpc) is 3.11. The van der Waals surface area contributed by atoms with Crippen LogP contribution < -0.4 is 16.0 Å². The first-order valence-corrected chi connectivity index (χ1v) is 7.76. The van der Waals surface area contributed by atoms with Crippen LogP contribution in [0, 0.1) is 11.7 Å². The van der Waals surface area contributed by atoms with E-state index in [9.17, 15) is 14.0 Å². The number of carbonyl (C=O) groups excluding carboxylic acids is 2. The van der Waals surface area contributed by atoms with Crippen LogP contribution in [0.2, 0.25) is 0 Å². The molecule has 1 aromatic carbocycles. The first kappa shape index (κ1) is 15.3. The van der Waals surface area contributed by atoms with Gasteiger partial charge in [0.2, 0.25) is 16.9 Å². The molecule has 2 heterocycles. The highest BCUT2D eigenvalue weighted by Gasteiger charge is 2.35. The van der Waals surface area contributed by atoms with Crippen LogP contribution >= 0.6 is 11.3 Å². The van der Waals surface area contributed by atoms with E-state index >= 15 is 0 Å². The van der Waals surface area contributed by atoms with Crippen LogP contribution in [0.5, 0.6) is 0 Å². The van der Waals surface area contributed by atoms with E-state index in [2.05, 4.69) is 15.5 Å². The predicted molar refractivity (Wildman–Crippen MR) is 83.0 cm³/mol. The molecule has 1 aromatic heterocycles. The zero-order valence-electron chi connectivity index (χ0n) is 12.0. The fourth-order valence-corrected chi connectivity index (χ4v) is 2.97. The molecule has 1 saturated heterocycles. The Morgan fingerprint density at radius 1 is 1.48 bits per heavy atom. The van der Waals surface area contributed by atoms with E-state index < -0.39 is 11.7 Å². The quantitative estimate of drug-likeness (QED) is 0.865. The van der Waals surface area contributed by atoms with Crippen LogP contribution in [0.4, 0.5) is 15.2 Å². The van der Waals surface area contributed by atoms with Crippen molar-refractivity contribution >= 4 is 34.0 Å². The lowest BCUT2D eigenvalue weighted by Gasteiger charge is -2.16. The lowest BCUT2D eigenvalue weighted by molar-refractivity contribution is -0.126. The number of hydrogen-bond donors (Lipinski definition) is 2. The fourth-order valence-electron chi connectivity index (χ4n) is 2.42. The number of halogens is 1. The molecular weight excluding hydrogens is 321 g/mol. The van der Waals surface area contributed by atoms with Crippen molar-refractivity contribution in [1.29, 1.82) is 0 Å². The number of anilines is 2. The van der Waals surface area contributed by atoms with E-state index in [0.717, 1.165) is 0 Å². The number of nitrogen functional groups attached to an aromatic ring is 1. The number of rotatable bonds is 4. The molecule has 1 aliphatic heterocycles. The Hall–Kier alpha value is -2.55. The standard InChI is InChI=1S/C14H14FN5O2S/c15-9-2-1-3-10(5-9)20-7-8(4-12(20)21)13(22)17-6-11-18-19-14(16)23-11/h1-3,5,8H,4,6-7H2,(H2,16,19)(H,17,22)/t8-/m1/s1. The van der Waals surface area contributed by atoms with E-state index in [4.69, 9.17) is 5.73 Å². The number of aromatic nitrogens is 2. The third-order valence-corrected chi connectivity index (χ3v) is 4.26. The topological polar surface area (TPSA) is 101 Å². The van der Waals surface area contributed by atoms with Gasteiger partial charge in [-0.2, -0.15) is 0 Å². The van der Waals surface area contributed by atoms with Gasteiger partial charge in [0.15, 0.2) is 0 Å². The molecule has 9 heteroatoms. The van der Waals surface area contributed by atoms with Gasteiger partial charge >= 0.3 is 0 Å². The van der Waals surface area contributed by atoms with Crippen molar-refractivity contribution < 1.29 is 14.0 Å². The minimum Gasteiger partial charge on any atom is -0.374 e. The fraction of sp³-hybridized carbons (Fsp3) is 0.286. The van der Waals surface area contributed by atoms with E-state index in [1.54, 1.807) is 6.07 Å². The number of nitrogens with one attached hydrogen (secondary N) is 1. The van der Waals surface area contributed by atoms with E-state index in [0.29, 0.717) is 15.8 Å². The smallest absolute Gasteiger partial charge is 0.227 e.